The van der Waals surface area contributed by atoms with Gasteiger partial charge in [-0.2, -0.15) is 0 Å². The van der Waals surface area contributed by atoms with Gasteiger partial charge in [-0.15, -0.1) is 0 Å². The SMILES string of the molecule is CN1CCN(c2nc(-c3c(F)cccc3F)c(Br)s2)CC1. The first-order valence-corrected chi connectivity index (χ1v) is 8.21. The second-order valence-corrected chi connectivity index (χ2v) is 7.30. The maximum Gasteiger partial charge on any atom is 0.187 e. The van der Waals surface area contributed by atoms with E-state index in [9.17, 15) is 8.78 Å². The van der Waals surface area contributed by atoms with Crippen molar-refractivity contribution in [2.75, 3.05) is 38.1 Å². The molecule has 0 aliphatic carbocycles. The van der Waals surface area contributed by atoms with E-state index >= 15 is 0 Å². The molecule has 0 radical (unpaired) electrons. The predicted molar refractivity (Wildman–Crippen MR) is 84.9 cm³/mol. The highest BCUT2D eigenvalue weighted by Crippen LogP contribution is 2.39. The molecule has 2 aromatic rings. The van der Waals surface area contributed by atoms with E-state index in [2.05, 4.69) is 37.8 Å². The van der Waals surface area contributed by atoms with Gasteiger partial charge in [0.1, 0.15) is 21.1 Å². The van der Waals surface area contributed by atoms with Gasteiger partial charge in [0.05, 0.1) is 5.56 Å². The summed E-state index contributed by atoms with van der Waals surface area (Å²) in [4.78, 5) is 8.85. The molecule has 0 unspecified atom stereocenters. The molecule has 0 N–H and O–H groups in total. The van der Waals surface area contributed by atoms with Gasteiger partial charge in [0.25, 0.3) is 0 Å². The lowest BCUT2D eigenvalue weighted by atomic mass is 10.1. The molecule has 1 fully saturated rings. The minimum atomic E-state index is -0.592. The summed E-state index contributed by atoms with van der Waals surface area (Å²) in [5, 5.41) is 0.799. The van der Waals surface area contributed by atoms with Crippen molar-refractivity contribution in [1.29, 1.82) is 0 Å². The highest BCUT2D eigenvalue weighted by atomic mass is 79.9. The summed E-state index contributed by atoms with van der Waals surface area (Å²) in [6.07, 6.45) is 0. The third-order valence-corrected chi connectivity index (χ3v) is 5.31. The fraction of sp³-hybridized carbons (Fsp3) is 0.357. The lowest BCUT2D eigenvalue weighted by Gasteiger charge is -2.32. The number of thiazole rings is 1. The van der Waals surface area contributed by atoms with E-state index < -0.39 is 11.6 Å². The summed E-state index contributed by atoms with van der Waals surface area (Å²) in [5.41, 5.74) is 0.269. The number of nitrogens with zero attached hydrogens (tertiary/aromatic N) is 3. The zero-order valence-electron chi connectivity index (χ0n) is 11.4. The maximum atomic E-state index is 13.9. The average molecular weight is 374 g/mol. The van der Waals surface area contributed by atoms with Crippen LogP contribution in [0.1, 0.15) is 0 Å². The summed E-state index contributed by atoms with van der Waals surface area (Å²) in [5.74, 6) is -1.18. The number of hydrogen-bond acceptors (Lipinski definition) is 4. The van der Waals surface area contributed by atoms with Gasteiger partial charge in [-0.25, -0.2) is 13.8 Å². The van der Waals surface area contributed by atoms with Crippen LogP contribution in [0.4, 0.5) is 13.9 Å². The van der Waals surface area contributed by atoms with E-state index in [0.717, 1.165) is 31.3 Å². The second-order valence-electron chi connectivity index (χ2n) is 5.01. The Bertz CT molecular complexity index is 633. The first-order valence-electron chi connectivity index (χ1n) is 6.60. The molecule has 112 valence electrons. The van der Waals surface area contributed by atoms with Gasteiger partial charge in [0.15, 0.2) is 5.13 Å². The summed E-state index contributed by atoms with van der Waals surface area (Å²) in [7, 11) is 2.08. The van der Waals surface area contributed by atoms with E-state index in [4.69, 9.17) is 0 Å². The monoisotopic (exact) mass is 373 g/mol. The topological polar surface area (TPSA) is 19.4 Å². The molecule has 0 atom stereocenters. The highest BCUT2D eigenvalue weighted by Gasteiger charge is 2.22. The Morgan fingerprint density at radius 2 is 1.76 bits per heavy atom. The molecule has 1 saturated heterocycles. The Balaban J connectivity index is 1.95. The standard InChI is InChI=1S/C14H14BrF2N3S/c1-19-5-7-20(8-6-19)14-18-12(13(15)21-14)11-9(16)3-2-4-10(11)17/h2-4H,5-8H2,1H3. The Labute approximate surface area is 134 Å². The lowest BCUT2D eigenvalue weighted by Crippen LogP contribution is -2.44. The third-order valence-electron chi connectivity index (χ3n) is 3.55. The van der Waals surface area contributed by atoms with E-state index in [0.29, 0.717) is 9.48 Å². The molecule has 1 aromatic carbocycles. The van der Waals surface area contributed by atoms with Crippen LogP contribution in [0.15, 0.2) is 22.0 Å². The molecule has 1 aliphatic rings. The molecule has 0 saturated carbocycles. The number of benzene rings is 1. The number of anilines is 1. The van der Waals surface area contributed by atoms with Crippen LogP contribution in [-0.2, 0) is 0 Å². The molecule has 3 rings (SSSR count). The normalized spacial score (nSPS) is 16.5. The van der Waals surface area contributed by atoms with Crippen molar-refractivity contribution < 1.29 is 8.78 Å². The van der Waals surface area contributed by atoms with E-state index in [-0.39, 0.29) is 5.56 Å². The Morgan fingerprint density at radius 3 is 2.38 bits per heavy atom. The lowest BCUT2D eigenvalue weighted by molar-refractivity contribution is 0.313. The van der Waals surface area contributed by atoms with Crippen LogP contribution in [0.3, 0.4) is 0 Å². The maximum absolute atomic E-state index is 13.9. The number of hydrogen-bond donors (Lipinski definition) is 0. The molecule has 3 nitrogen and oxygen atoms in total. The minimum Gasteiger partial charge on any atom is -0.345 e. The van der Waals surface area contributed by atoms with E-state index in [1.165, 1.54) is 29.5 Å². The smallest absolute Gasteiger partial charge is 0.187 e. The van der Waals surface area contributed by atoms with Crippen molar-refractivity contribution >= 4 is 32.4 Å². The summed E-state index contributed by atoms with van der Waals surface area (Å²) < 4.78 is 28.5. The molecule has 1 aliphatic heterocycles. The Morgan fingerprint density at radius 1 is 1.14 bits per heavy atom. The van der Waals surface area contributed by atoms with Gasteiger partial charge >= 0.3 is 0 Å². The second kappa shape index (κ2) is 5.98. The zero-order chi connectivity index (χ0) is 15.0. The number of rotatable bonds is 2. The molecule has 7 heteroatoms. The quantitative estimate of drug-likeness (QED) is 0.801. The van der Waals surface area contributed by atoms with Crippen LogP contribution in [0.5, 0.6) is 0 Å². The summed E-state index contributed by atoms with van der Waals surface area (Å²) in [6.45, 7) is 3.66. The number of likely N-dealkylation sites (N-methyl/N-ethyl adjacent to an activating group) is 1. The van der Waals surface area contributed by atoms with Gasteiger partial charge in [-0.3, -0.25) is 0 Å². The van der Waals surface area contributed by atoms with E-state index in [1.807, 2.05) is 0 Å². The summed E-state index contributed by atoms with van der Waals surface area (Å²) >= 11 is 4.80. The molecular weight excluding hydrogens is 360 g/mol. The average Bonchev–Trinajstić information content (AvgIpc) is 2.81. The van der Waals surface area contributed by atoms with Gasteiger partial charge in [0, 0.05) is 26.2 Å². The van der Waals surface area contributed by atoms with Crippen LogP contribution in [-0.4, -0.2) is 43.1 Å². The minimum absolute atomic E-state index is 0.0685. The molecule has 0 spiro atoms. The number of aromatic nitrogens is 1. The highest BCUT2D eigenvalue weighted by molar-refractivity contribution is 9.11. The van der Waals surface area contributed by atoms with Crippen molar-refractivity contribution in [2.24, 2.45) is 0 Å². The van der Waals surface area contributed by atoms with Gasteiger partial charge in [-0.05, 0) is 35.1 Å². The van der Waals surface area contributed by atoms with Crippen LogP contribution < -0.4 is 4.90 Å². The number of piperazine rings is 1. The van der Waals surface area contributed by atoms with Crippen molar-refractivity contribution in [1.82, 2.24) is 9.88 Å². The molecule has 21 heavy (non-hydrogen) atoms. The Kier molecular flexibility index (Phi) is 4.24. The first-order chi connectivity index (χ1) is 10.1. The Hall–Kier alpha value is -1.05. The predicted octanol–water partition coefficient (Wildman–Crippen LogP) is 3.60. The van der Waals surface area contributed by atoms with Crippen LogP contribution in [0.2, 0.25) is 0 Å². The van der Waals surface area contributed by atoms with Crippen molar-refractivity contribution in [3.8, 4) is 11.3 Å². The molecule has 0 amide bonds. The number of halogens is 3. The summed E-state index contributed by atoms with van der Waals surface area (Å²) in [6, 6.07) is 3.86. The molecule has 0 bridgehead atoms. The third kappa shape index (κ3) is 2.95. The fourth-order valence-corrected chi connectivity index (χ4v) is 3.88. The molecular formula is C14H14BrF2N3S. The van der Waals surface area contributed by atoms with Crippen molar-refractivity contribution in [3.05, 3.63) is 33.6 Å². The van der Waals surface area contributed by atoms with Gasteiger partial charge in [-0.1, -0.05) is 17.4 Å². The van der Waals surface area contributed by atoms with Crippen molar-refractivity contribution in [3.63, 3.8) is 0 Å². The van der Waals surface area contributed by atoms with Gasteiger partial charge in [0.2, 0.25) is 0 Å². The van der Waals surface area contributed by atoms with Crippen molar-refractivity contribution in [2.45, 2.75) is 0 Å². The zero-order valence-corrected chi connectivity index (χ0v) is 13.8. The van der Waals surface area contributed by atoms with Crippen LogP contribution in [0.25, 0.3) is 11.3 Å². The van der Waals surface area contributed by atoms with Crippen LogP contribution in [0, 0.1) is 11.6 Å². The molecule has 1 aromatic heterocycles. The molecule has 2 heterocycles. The first kappa shape index (κ1) is 14.9. The van der Waals surface area contributed by atoms with Gasteiger partial charge < -0.3 is 9.80 Å². The fourth-order valence-electron chi connectivity index (χ4n) is 2.30. The largest absolute Gasteiger partial charge is 0.345 e. The van der Waals surface area contributed by atoms with E-state index in [1.54, 1.807) is 0 Å². The van der Waals surface area contributed by atoms with Crippen LogP contribution >= 0.6 is 27.3 Å².